The summed E-state index contributed by atoms with van der Waals surface area (Å²) in [6.07, 6.45) is 0. The van der Waals surface area contributed by atoms with Crippen LogP contribution in [0.15, 0.2) is 21.7 Å². The zero-order chi connectivity index (χ0) is 12.3. The summed E-state index contributed by atoms with van der Waals surface area (Å²) in [5, 5.41) is 19.2. The summed E-state index contributed by atoms with van der Waals surface area (Å²) < 4.78 is 24.4. The third kappa shape index (κ3) is 2.40. The smallest absolute Gasteiger partial charge is 0.324 e. The number of aliphatic carboxylic acids is 1. The van der Waals surface area contributed by atoms with Gasteiger partial charge in [-0.05, 0) is 11.4 Å². The van der Waals surface area contributed by atoms with E-state index in [9.17, 15) is 13.2 Å². The molecule has 0 fully saturated rings. The lowest BCUT2D eigenvalue weighted by Gasteiger charge is -2.21. The van der Waals surface area contributed by atoms with Gasteiger partial charge in [-0.15, -0.1) is 11.3 Å². The molecule has 1 unspecified atom stereocenters. The third-order valence-electron chi connectivity index (χ3n) is 2.03. The largest absolute Gasteiger partial charge is 0.480 e. The fraction of sp³-hybridized carbons (Fsp3) is 0.375. The van der Waals surface area contributed by atoms with Gasteiger partial charge in [-0.25, -0.2) is 8.42 Å². The number of rotatable bonds is 5. The van der Waals surface area contributed by atoms with Crippen molar-refractivity contribution in [3.63, 3.8) is 0 Å². The van der Waals surface area contributed by atoms with E-state index in [2.05, 4.69) is 0 Å². The van der Waals surface area contributed by atoms with Crippen LogP contribution in [0.25, 0.3) is 0 Å². The van der Waals surface area contributed by atoms with Crippen LogP contribution in [0.1, 0.15) is 0 Å². The highest BCUT2D eigenvalue weighted by molar-refractivity contribution is 7.91. The first kappa shape index (κ1) is 13.1. The quantitative estimate of drug-likeness (QED) is 0.769. The molecule has 0 aliphatic heterocycles. The maximum atomic E-state index is 11.9. The molecule has 0 aliphatic carbocycles. The molecule has 0 aromatic carbocycles. The van der Waals surface area contributed by atoms with Crippen LogP contribution < -0.4 is 0 Å². The number of aliphatic hydroxyl groups is 1. The van der Waals surface area contributed by atoms with Gasteiger partial charge in [0, 0.05) is 7.05 Å². The Bertz CT molecular complexity index is 453. The highest BCUT2D eigenvalue weighted by atomic mass is 32.2. The zero-order valence-electron chi connectivity index (χ0n) is 8.40. The lowest BCUT2D eigenvalue weighted by Crippen LogP contribution is -2.44. The Hall–Kier alpha value is -0.960. The van der Waals surface area contributed by atoms with E-state index in [4.69, 9.17) is 10.2 Å². The second-order valence-electron chi connectivity index (χ2n) is 2.99. The van der Waals surface area contributed by atoms with Gasteiger partial charge in [0.05, 0.1) is 6.61 Å². The van der Waals surface area contributed by atoms with Crippen LogP contribution in [0.2, 0.25) is 0 Å². The molecule has 0 bridgehead atoms. The Kier molecular flexibility index (Phi) is 4.03. The second kappa shape index (κ2) is 4.91. The Balaban J connectivity index is 3.05. The fourth-order valence-corrected chi connectivity index (χ4v) is 3.55. The van der Waals surface area contributed by atoms with E-state index in [-0.39, 0.29) is 4.21 Å². The maximum Gasteiger partial charge on any atom is 0.324 e. The molecule has 16 heavy (non-hydrogen) atoms. The van der Waals surface area contributed by atoms with Gasteiger partial charge in [0.15, 0.2) is 0 Å². The van der Waals surface area contributed by atoms with E-state index >= 15 is 0 Å². The number of thiophene rings is 1. The summed E-state index contributed by atoms with van der Waals surface area (Å²) in [6, 6.07) is 1.47. The normalized spacial score (nSPS) is 13.9. The fourth-order valence-electron chi connectivity index (χ4n) is 1.07. The topological polar surface area (TPSA) is 94.9 Å². The van der Waals surface area contributed by atoms with Crippen molar-refractivity contribution < 1.29 is 23.4 Å². The molecular formula is C8H11NO5S2. The van der Waals surface area contributed by atoms with Crippen molar-refractivity contribution in [2.24, 2.45) is 0 Å². The summed E-state index contributed by atoms with van der Waals surface area (Å²) in [6.45, 7) is -0.767. The molecule has 90 valence electrons. The van der Waals surface area contributed by atoms with Crippen LogP contribution in [-0.2, 0) is 14.8 Å². The summed E-state index contributed by atoms with van der Waals surface area (Å²) in [4.78, 5) is 10.7. The number of carbonyl (C=O) groups is 1. The van der Waals surface area contributed by atoms with Crippen molar-refractivity contribution >= 4 is 27.3 Å². The maximum absolute atomic E-state index is 11.9. The summed E-state index contributed by atoms with van der Waals surface area (Å²) in [7, 11) is -2.71. The van der Waals surface area contributed by atoms with Gasteiger partial charge in [0.2, 0.25) is 0 Å². The van der Waals surface area contributed by atoms with E-state index in [0.29, 0.717) is 4.31 Å². The number of carboxylic acids is 1. The first-order valence-electron chi connectivity index (χ1n) is 4.26. The molecule has 2 N–H and O–H groups in total. The molecule has 0 saturated heterocycles. The molecule has 0 spiro atoms. The van der Waals surface area contributed by atoms with Gasteiger partial charge in [0.25, 0.3) is 10.0 Å². The van der Waals surface area contributed by atoms with Crippen molar-refractivity contribution in [3.05, 3.63) is 17.5 Å². The molecule has 0 radical (unpaired) electrons. The van der Waals surface area contributed by atoms with Crippen molar-refractivity contribution in [1.29, 1.82) is 0 Å². The van der Waals surface area contributed by atoms with E-state index in [0.717, 1.165) is 18.4 Å². The lowest BCUT2D eigenvalue weighted by molar-refractivity contribution is -0.142. The first-order valence-corrected chi connectivity index (χ1v) is 6.58. The van der Waals surface area contributed by atoms with Gasteiger partial charge in [-0.2, -0.15) is 4.31 Å². The number of aliphatic hydroxyl groups excluding tert-OH is 1. The lowest BCUT2D eigenvalue weighted by atomic mass is 10.3. The van der Waals surface area contributed by atoms with Gasteiger partial charge in [0.1, 0.15) is 10.3 Å². The summed E-state index contributed by atoms with van der Waals surface area (Å²) in [5.41, 5.74) is 0. The standard InChI is InChI=1S/C8H11NO5S2/c1-9(6(5-10)8(11)12)16(13,14)7-3-2-4-15-7/h2-4,6,10H,5H2,1H3,(H,11,12). The monoisotopic (exact) mass is 265 g/mol. The van der Waals surface area contributed by atoms with Crippen molar-refractivity contribution in [2.75, 3.05) is 13.7 Å². The number of sulfonamides is 1. The zero-order valence-corrected chi connectivity index (χ0v) is 10.0. The first-order chi connectivity index (χ1) is 7.41. The SMILES string of the molecule is CN(C(CO)C(=O)O)S(=O)(=O)c1cccs1. The van der Waals surface area contributed by atoms with Gasteiger partial charge < -0.3 is 10.2 Å². The predicted octanol–water partition coefficient (Wildman–Crippen LogP) is -0.186. The minimum absolute atomic E-state index is 0.0506. The Labute approximate surface area is 96.8 Å². The van der Waals surface area contributed by atoms with Gasteiger partial charge >= 0.3 is 5.97 Å². The van der Waals surface area contributed by atoms with E-state index < -0.39 is 28.6 Å². The van der Waals surface area contributed by atoms with Crippen LogP contribution in [0, 0.1) is 0 Å². The molecule has 1 atom stereocenters. The highest BCUT2D eigenvalue weighted by Crippen LogP contribution is 2.21. The van der Waals surface area contributed by atoms with Crippen molar-refractivity contribution in [2.45, 2.75) is 10.3 Å². The molecule has 6 nitrogen and oxygen atoms in total. The van der Waals surface area contributed by atoms with E-state index in [1.807, 2.05) is 0 Å². The molecule has 1 aromatic heterocycles. The Morgan fingerprint density at radius 3 is 2.62 bits per heavy atom. The van der Waals surface area contributed by atoms with Crippen molar-refractivity contribution in [3.8, 4) is 0 Å². The molecule has 1 aromatic rings. The average Bonchev–Trinajstić information content (AvgIpc) is 2.71. The van der Waals surface area contributed by atoms with Crippen molar-refractivity contribution in [1.82, 2.24) is 4.31 Å². The van der Waals surface area contributed by atoms with Crippen LogP contribution >= 0.6 is 11.3 Å². The molecule has 1 rings (SSSR count). The number of likely N-dealkylation sites (N-methyl/N-ethyl adjacent to an activating group) is 1. The molecule has 0 aliphatic rings. The Morgan fingerprint density at radius 2 is 2.25 bits per heavy atom. The number of carboxylic acid groups (broad SMARTS) is 1. The number of hydrogen-bond donors (Lipinski definition) is 2. The minimum Gasteiger partial charge on any atom is -0.480 e. The van der Waals surface area contributed by atoms with Crippen LogP contribution in [0.5, 0.6) is 0 Å². The second-order valence-corrected chi connectivity index (χ2v) is 6.16. The number of nitrogens with zero attached hydrogens (tertiary/aromatic N) is 1. The van der Waals surface area contributed by atoms with Gasteiger partial charge in [-0.1, -0.05) is 6.07 Å². The van der Waals surface area contributed by atoms with Crippen LogP contribution in [-0.4, -0.2) is 48.6 Å². The Morgan fingerprint density at radius 1 is 1.62 bits per heavy atom. The van der Waals surface area contributed by atoms with E-state index in [1.54, 1.807) is 11.4 Å². The van der Waals surface area contributed by atoms with Crippen LogP contribution in [0.3, 0.4) is 0 Å². The highest BCUT2D eigenvalue weighted by Gasteiger charge is 2.32. The summed E-state index contributed by atoms with van der Waals surface area (Å²) >= 11 is 0.994. The third-order valence-corrected chi connectivity index (χ3v) is 5.26. The minimum atomic E-state index is -3.84. The molecule has 1 heterocycles. The van der Waals surface area contributed by atoms with E-state index in [1.165, 1.54) is 6.07 Å². The van der Waals surface area contributed by atoms with Crippen LogP contribution in [0.4, 0.5) is 0 Å². The molecule has 8 heteroatoms. The van der Waals surface area contributed by atoms with Gasteiger partial charge in [-0.3, -0.25) is 4.79 Å². The predicted molar refractivity (Wildman–Crippen MR) is 57.8 cm³/mol. The molecular weight excluding hydrogens is 254 g/mol. The molecule has 0 amide bonds. The number of hydrogen-bond acceptors (Lipinski definition) is 5. The average molecular weight is 265 g/mol. The molecule has 0 saturated carbocycles. The summed E-state index contributed by atoms with van der Waals surface area (Å²) in [5.74, 6) is -1.38.